The quantitative estimate of drug-likeness (QED) is 0.0861. The molecule has 16 heteroatoms. The van der Waals surface area contributed by atoms with Crippen LogP contribution < -0.4 is 38.1 Å². The summed E-state index contributed by atoms with van der Waals surface area (Å²) in [5.74, 6) is -6.34. The van der Waals surface area contributed by atoms with E-state index in [1.165, 1.54) is 24.3 Å². The van der Waals surface area contributed by atoms with Crippen LogP contribution in [-0.2, 0) is 46.4 Å². The van der Waals surface area contributed by atoms with E-state index >= 15 is 0 Å². The lowest BCUT2D eigenvalue weighted by Crippen LogP contribution is -2.57. The number of phenols is 1. The molecule has 0 aliphatic carbocycles. The minimum Gasteiger partial charge on any atom is -0.508 e. The van der Waals surface area contributed by atoms with Crippen LogP contribution in [0.3, 0.4) is 0 Å². The minimum absolute atomic E-state index is 0.0171. The number of rotatable bonds is 17. The van der Waals surface area contributed by atoms with Crippen LogP contribution in [0.4, 0.5) is 0 Å². The molecule has 0 aliphatic rings. The van der Waals surface area contributed by atoms with Gasteiger partial charge in [-0.3, -0.25) is 33.6 Å². The largest absolute Gasteiger partial charge is 0.508 e. The van der Waals surface area contributed by atoms with Crippen molar-refractivity contribution in [3.8, 4) is 5.75 Å². The molecule has 0 heterocycles. The van der Waals surface area contributed by atoms with E-state index in [1.807, 2.05) is 0 Å². The maximum absolute atomic E-state index is 13.1. The van der Waals surface area contributed by atoms with Crippen LogP contribution in [0.25, 0.3) is 0 Å². The average molecular weight is 614 g/mol. The van der Waals surface area contributed by atoms with Gasteiger partial charge in [-0.05, 0) is 23.3 Å². The van der Waals surface area contributed by atoms with Crippen LogP contribution in [0.1, 0.15) is 17.5 Å². The second kappa shape index (κ2) is 17.4. The smallest absolute Gasteiger partial charge is 0.322 e. The highest BCUT2D eigenvalue weighted by atomic mass is 16.4. The first-order valence-electron chi connectivity index (χ1n) is 13.3. The summed E-state index contributed by atoms with van der Waals surface area (Å²) in [5.41, 5.74) is 11.8. The number of hydrogen-bond acceptors (Lipinski definition) is 9. The fourth-order valence-corrected chi connectivity index (χ4v) is 3.89. The van der Waals surface area contributed by atoms with Crippen molar-refractivity contribution in [1.82, 2.24) is 26.6 Å². The molecule has 2 aromatic rings. The first kappa shape index (κ1) is 34.7. The molecule has 0 unspecified atom stereocenters. The summed E-state index contributed by atoms with van der Waals surface area (Å²) in [6.07, 6.45) is -0.689. The normalized spacial score (nSPS) is 12.5. The molecule has 2 aromatic carbocycles. The number of nitrogens with two attached hydrogens (primary N) is 2. The molecule has 16 nitrogen and oxygen atoms in total. The number of carboxylic acid groups (broad SMARTS) is 1. The van der Waals surface area contributed by atoms with E-state index in [4.69, 9.17) is 16.6 Å². The Morgan fingerprint density at radius 3 is 1.75 bits per heavy atom. The van der Waals surface area contributed by atoms with Crippen molar-refractivity contribution >= 4 is 41.4 Å². The number of primary amides is 1. The van der Waals surface area contributed by atoms with E-state index in [0.717, 1.165) is 0 Å². The Balaban J connectivity index is 2.09. The van der Waals surface area contributed by atoms with Crippen LogP contribution >= 0.6 is 0 Å². The lowest BCUT2D eigenvalue weighted by atomic mass is 10.0. The predicted molar refractivity (Wildman–Crippen MR) is 154 cm³/mol. The molecule has 11 N–H and O–H groups in total. The van der Waals surface area contributed by atoms with E-state index in [0.29, 0.717) is 11.1 Å². The number of carbonyl (C=O) groups is 7. The first-order chi connectivity index (χ1) is 20.9. The molecule has 0 bridgehead atoms. The SMILES string of the molecule is NCC(=O)N[C@@H](Cc1ccc(O)cc1)C(=O)N[C@@H](CC(N)=O)C(=O)NCC(=O)N[C@@H](Cc1ccccc1)C(=O)NCC(=O)O. The van der Waals surface area contributed by atoms with Gasteiger partial charge in [0.15, 0.2) is 0 Å². The van der Waals surface area contributed by atoms with Gasteiger partial charge in [0.2, 0.25) is 35.4 Å². The molecular weight excluding hydrogens is 578 g/mol. The fraction of sp³-hybridized carbons (Fsp3) is 0.321. The van der Waals surface area contributed by atoms with E-state index in [1.54, 1.807) is 30.3 Å². The lowest BCUT2D eigenvalue weighted by molar-refractivity contribution is -0.138. The van der Waals surface area contributed by atoms with Crippen LogP contribution in [0.5, 0.6) is 5.75 Å². The zero-order chi connectivity index (χ0) is 32.6. The molecule has 44 heavy (non-hydrogen) atoms. The van der Waals surface area contributed by atoms with Gasteiger partial charge < -0.3 is 48.3 Å². The topological polar surface area (TPSA) is 272 Å². The van der Waals surface area contributed by atoms with Gasteiger partial charge in [-0.25, -0.2) is 0 Å². The van der Waals surface area contributed by atoms with E-state index in [9.17, 15) is 38.7 Å². The highest BCUT2D eigenvalue weighted by Crippen LogP contribution is 2.12. The molecule has 0 spiro atoms. The summed E-state index contributed by atoms with van der Waals surface area (Å²) in [6, 6.07) is 10.4. The number of benzene rings is 2. The van der Waals surface area contributed by atoms with Crippen LogP contribution in [-0.4, -0.2) is 89.4 Å². The van der Waals surface area contributed by atoms with Gasteiger partial charge in [-0.15, -0.1) is 0 Å². The monoisotopic (exact) mass is 613 g/mol. The third-order valence-electron chi connectivity index (χ3n) is 6.02. The summed E-state index contributed by atoms with van der Waals surface area (Å²) in [5, 5.41) is 30.0. The highest BCUT2D eigenvalue weighted by Gasteiger charge is 2.29. The standard InChI is InChI=1S/C28H35N7O9/c29-13-23(38)33-20(11-17-6-8-18(36)9-7-17)28(44)35-21(12-22(30)37)27(43)31-14-24(39)34-19(26(42)32-15-25(40)41)10-16-4-2-1-3-5-16/h1-9,19-21,36H,10-15,29H2,(H2,30,37)(H,31,43)(H,32,42)(H,33,38)(H,34,39)(H,35,44)(H,40,41)/t19-,20-,21-/m0/s1. The number of amides is 6. The zero-order valence-electron chi connectivity index (χ0n) is 23.6. The number of nitrogens with one attached hydrogen (secondary N) is 5. The number of aliphatic carboxylic acids is 1. The average Bonchev–Trinajstić information content (AvgIpc) is 2.98. The Hall–Kier alpha value is -5.51. The Labute approximate surface area is 251 Å². The van der Waals surface area contributed by atoms with E-state index in [-0.39, 0.29) is 18.6 Å². The van der Waals surface area contributed by atoms with Crippen LogP contribution in [0.15, 0.2) is 54.6 Å². The van der Waals surface area contributed by atoms with Crippen LogP contribution in [0, 0.1) is 0 Å². The van der Waals surface area contributed by atoms with E-state index in [2.05, 4.69) is 26.6 Å². The van der Waals surface area contributed by atoms with Crippen molar-refractivity contribution in [2.24, 2.45) is 11.5 Å². The molecular formula is C28H35N7O9. The zero-order valence-corrected chi connectivity index (χ0v) is 23.6. The van der Waals surface area contributed by atoms with Gasteiger partial charge in [0, 0.05) is 12.8 Å². The number of hydrogen-bond donors (Lipinski definition) is 9. The van der Waals surface area contributed by atoms with Gasteiger partial charge in [0.1, 0.15) is 30.4 Å². The maximum atomic E-state index is 13.1. The summed E-state index contributed by atoms with van der Waals surface area (Å²) < 4.78 is 0. The Kier molecular flexibility index (Phi) is 13.8. The lowest BCUT2D eigenvalue weighted by Gasteiger charge is -2.23. The van der Waals surface area contributed by atoms with Gasteiger partial charge >= 0.3 is 5.97 Å². The fourth-order valence-electron chi connectivity index (χ4n) is 3.89. The van der Waals surface area contributed by atoms with Crippen molar-refractivity contribution < 1.29 is 43.8 Å². The predicted octanol–water partition coefficient (Wildman–Crippen LogP) is -3.22. The maximum Gasteiger partial charge on any atom is 0.322 e. The molecule has 236 valence electrons. The third kappa shape index (κ3) is 12.6. The number of carbonyl (C=O) groups excluding carboxylic acids is 6. The number of phenolic OH excluding ortho intramolecular Hbond substituents is 1. The summed E-state index contributed by atoms with van der Waals surface area (Å²) in [4.78, 5) is 85.7. The van der Waals surface area contributed by atoms with Crippen LogP contribution in [0.2, 0.25) is 0 Å². The minimum atomic E-state index is -1.54. The number of carboxylic acids is 1. The molecule has 0 saturated heterocycles. The molecule has 0 aliphatic heterocycles. The Morgan fingerprint density at radius 1 is 0.659 bits per heavy atom. The Bertz CT molecular complexity index is 1340. The summed E-state index contributed by atoms with van der Waals surface area (Å²) >= 11 is 0. The molecule has 0 fully saturated rings. The van der Waals surface area contributed by atoms with Crippen molar-refractivity contribution in [2.45, 2.75) is 37.4 Å². The van der Waals surface area contributed by atoms with Gasteiger partial charge in [0.25, 0.3) is 0 Å². The molecule has 0 radical (unpaired) electrons. The van der Waals surface area contributed by atoms with Gasteiger partial charge in [0.05, 0.1) is 19.5 Å². The second-order valence-corrected chi connectivity index (χ2v) is 9.57. The van der Waals surface area contributed by atoms with Gasteiger partial charge in [-0.1, -0.05) is 42.5 Å². The van der Waals surface area contributed by atoms with Crippen molar-refractivity contribution in [2.75, 3.05) is 19.6 Å². The second-order valence-electron chi connectivity index (χ2n) is 9.57. The summed E-state index contributed by atoms with van der Waals surface area (Å²) in [6.45, 7) is -1.79. The molecule has 0 aromatic heterocycles. The molecule has 0 saturated carbocycles. The van der Waals surface area contributed by atoms with Crippen molar-refractivity contribution in [3.05, 3.63) is 65.7 Å². The third-order valence-corrected chi connectivity index (χ3v) is 6.02. The van der Waals surface area contributed by atoms with Crippen molar-refractivity contribution in [1.29, 1.82) is 0 Å². The molecule has 2 rings (SSSR count). The summed E-state index contributed by atoms with van der Waals surface area (Å²) in [7, 11) is 0. The molecule has 3 atom stereocenters. The number of aromatic hydroxyl groups is 1. The first-order valence-corrected chi connectivity index (χ1v) is 13.3. The van der Waals surface area contributed by atoms with E-state index < -0.39 is 85.6 Å². The van der Waals surface area contributed by atoms with Gasteiger partial charge in [-0.2, -0.15) is 0 Å². The molecule has 6 amide bonds. The Morgan fingerprint density at radius 2 is 1.18 bits per heavy atom. The highest BCUT2D eigenvalue weighted by molar-refractivity contribution is 5.96. The van der Waals surface area contributed by atoms with Crippen molar-refractivity contribution in [3.63, 3.8) is 0 Å².